The van der Waals surface area contributed by atoms with E-state index in [1.54, 1.807) is 12.1 Å². The molecule has 1 aromatic carbocycles. The van der Waals surface area contributed by atoms with Crippen molar-refractivity contribution >= 4 is 5.91 Å². The van der Waals surface area contributed by atoms with Crippen molar-refractivity contribution in [2.45, 2.75) is 44.2 Å². The highest BCUT2D eigenvalue weighted by Crippen LogP contribution is 2.18. The first kappa shape index (κ1) is 15.6. The zero-order chi connectivity index (χ0) is 15.1. The second-order valence-electron chi connectivity index (χ2n) is 5.33. The molecule has 1 amide bonds. The van der Waals surface area contributed by atoms with Crippen LogP contribution < -0.4 is 5.32 Å². The topological polar surface area (TPSA) is 69.6 Å². The molecule has 0 spiro atoms. The second kappa shape index (κ2) is 7.82. The summed E-state index contributed by atoms with van der Waals surface area (Å²) in [5, 5.41) is 21.1. The van der Waals surface area contributed by atoms with Crippen molar-refractivity contribution in [3.63, 3.8) is 0 Å². The highest BCUT2D eigenvalue weighted by molar-refractivity contribution is 5.94. The molecule has 0 aromatic heterocycles. The van der Waals surface area contributed by atoms with Crippen LogP contribution in [0, 0.1) is 11.8 Å². The van der Waals surface area contributed by atoms with Gasteiger partial charge in [-0.2, -0.15) is 0 Å². The van der Waals surface area contributed by atoms with Crippen LogP contribution in [0.2, 0.25) is 0 Å². The number of aliphatic hydroxyl groups is 2. The minimum atomic E-state index is -0.213. The minimum absolute atomic E-state index is 0.0591. The Morgan fingerprint density at radius 1 is 1.19 bits per heavy atom. The van der Waals surface area contributed by atoms with Gasteiger partial charge in [-0.25, -0.2) is 0 Å². The molecule has 4 heteroatoms. The predicted octanol–water partition coefficient (Wildman–Crippen LogP) is 1.45. The van der Waals surface area contributed by atoms with Gasteiger partial charge in [-0.3, -0.25) is 4.79 Å². The standard InChI is InChI=1S/C17H21NO3/c19-12-2-1-3-13-4-6-14(7-5-13)17(21)18-15-8-10-16(20)11-9-15/h4-7,15-16,19-20H,2,8-12H2,(H,18,21). The quantitative estimate of drug-likeness (QED) is 0.737. The summed E-state index contributed by atoms with van der Waals surface area (Å²) in [5.41, 5.74) is 1.45. The van der Waals surface area contributed by atoms with Crippen LogP contribution in [0.5, 0.6) is 0 Å². The normalized spacial score (nSPS) is 21.2. The van der Waals surface area contributed by atoms with Gasteiger partial charge in [-0.1, -0.05) is 11.8 Å². The smallest absolute Gasteiger partial charge is 0.251 e. The van der Waals surface area contributed by atoms with Crippen molar-refractivity contribution in [2.75, 3.05) is 6.61 Å². The molecule has 4 nitrogen and oxygen atoms in total. The molecule has 21 heavy (non-hydrogen) atoms. The zero-order valence-electron chi connectivity index (χ0n) is 12.0. The summed E-state index contributed by atoms with van der Waals surface area (Å²) in [6.07, 6.45) is 3.41. The maximum Gasteiger partial charge on any atom is 0.251 e. The number of rotatable bonds is 3. The fourth-order valence-electron chi connectivity index (χ4n) is 2.41. The van der Waals surface area contributed by atoms with E-state index in [9.17, 15) is 9.90 Å². The Hall–Kier alpha value is -1.83. The van der Waals surface area contributed by atoms with Crippen molar-refractivity contribution in [2.24, 2.45) is 0 Å². The molecule has 0 saturated heterocycles. The summed E-state index contributed by atoms with van der Waals surface area (Å²) in [6.45, 7) is 0.0591. The molecule has 2 rings (SSSR count). The number of nitrogens with one attached hydrogen (secondary N) is 1. The highest BCUT2D eigenvalue weighted by atomic mass is 16.3. The Morgan fingerprint density at radius 2 is 1.86 bits per heavy atom. The lowest BCUT2D eigenvalue weighted by atomic mass is 9.93. The number of carbonyl (C=O) groups excluding carboxylic acids is 1. The van der Waals surface area contributed by atoms with Gasteiger partial charge in [0.05, 0.1) is 12.7 Å². The Balaban J connectivity index is 1.89. The Kier molecular flexibility index (Phi) is 5.79. The molecule has 3 N–H and O–H groups in total. The maximum atomic E-state index is 12.1. The van der Waals surface area contributed by atoms with Crippen molar-refractivity contribution in [1.29, 1.82) is 0 Å². The summed E-state index contributed by atoms with van der Waals surface area (Å²) in [4.78, 5) is 12.1. The number of hydrogen-bond acceptors (Lipinski definition) is 3. The van der Waals surface area contributed by atoms with E-state index in [-0.39, 0.29) is 24.7 Å². The number of benzene rings is 1. The van der Waals surface area contributed by atoms with Gasteiger partial charge in [0.25, 0.3) is 5.91 Å². The van der Waals surface area contributed by atoms with Gasteiger partial charge in [0.15, 0.2) is 0 Å². The molecule has 1 saturated carbocycles. The molecule has 1 aliphatic rings. The summed E-state index contributed by atoms with van der Waals surface area (Å²) in [6, 6.07) is 7.30. The first-order valence-electron chi connectivity index (χ1n) is 7.38. The van der Waals surface area contributed by atoms with Gasteiger partial charge < -0.3 is 15.5 Å². The highest BCUT2D eigenvalue weighted by Gasteiger charge is 2.21. The molecular formula is C17H21NO3. The average molecular weight is 287 g/mol. The number of aliphatic hydroxyl groups excluding tert-OH is 2. The minimum Gasteiger partial charge on any atom is -0.395 e. The van der Waals surface area contributed by atoms with E-state index in [0.717, 1.165) is 31.2 Å². The predicted molar refractivity (Wildman–Crippen MR) is 80.8 cm³/mol. The molecule has 0 heterocycles. The van der Waals surface area contributed by atoms with E-state index in [1.165, 1.54) is 0 Å². The van der Waals surface area contributed by atoms with Crippen molar-refractivity contribution in [1.82, 2.24) is 5.32 Å². The molecular weight excluding hydrogens is 266 g/mol. The summed E-state index contributed by atoms with van der Waals surface area (Å²) in [5.74, 6) is 5.70. The van der Waals surface area contributed by atoms with E-state index in [1.807, 2.05) is 12.1 Å². The molecule has 0 aliphatic heterocycles. The van der Waals surface area contributed by atoms with E-state index in [0.29, 0.717) is 12.0 Å². The van der Waals surface area contributed by atoms with Crippen molar-refractivity contribution in [3.8, 4) is 11.8 Å². The SMILES string of the molecule is O=C(NC1CCC(O)CC1)c1ccc(C#CCCO)cc1. The monoisotopic (exact) mass is 287 g/mol. The zero-order valence-corrected chi connectivity index (χ0v) is 12.0. The van der Waals surface area contributed by atoms with Gasteiger partial charge in [0.1, 0.15) is 0 Å². The lowest BCUT2D eigenvalue weighted by molar-refractivity contribution is 0.0867. The molecule has 112 valence electrons. The molecule has 0 unspecified atom stereocenters. The fourth-order valence-corrected chi connectivity index (χ4v) is 2.41. The summed E-state index contributed by atoms with van der Waals surface area (Å²) in [7, 11) is 0. The van der Waals surface area contributed by atoms with Crippen LogP contribution in [0.3, 0.4) is 0 Å². The van der Waals surface area contributed by atoms with E-state index in [2.05, 4.69) is 17.2 Å². The van der Waals surface area contributed by atoms with Gasteiger partial charge >= 0.3 is 0 Å². The van der Waals surface area contributed by atoms with Crippen molar-refractivity contribution in [3.05, 3.63) is 35.4 Å². The van der Waals surface area contributed by atoms with Crippen LogP contribution in [0.25, 0.3) is 0 Å². The molecule has 1 fully saturated rings. The van der Waals surface area contributed by atoms with Gasteiger partial charge in [-0.05, 0) is 49.9 Å². The molecule has 0 bridgehead atoms. The molecule has 0 radical (unpaired) electrons. The van der Waals surface area contributed by atoms with Crippen LogP contribution in [-0.4, -0.2) is 34.9 Å². The third-order valence-electron chi connectivity index (χ3n) is 3.65. The average Bonchev–Trinajstić information content (AvgIpc) is 2.50. The Bertz CT molecular complexity index is 519. The first-order valence-corrected chi connectivity index (χ1v) is 7.38. The lowest BCUT2D eigenvalue weighted by Crippen LogP contribution is -2.38. The lowest BCUT2D eigenvalue weighted by Gasteiger charge is -2.26. The second-order valence-corrected chi connectivity index (χ2v) is 5.33. The molecule has 1 aliphatic carbocycles. The van der Waals surface area contributed by atoms with Gasteiger partial charge in [0, 0.05) is 23.6 Å². The van der Waals surface area contributed by atoms with Crippen LogP contribution in [-0.2, 0) is 0 Å². The Labute approximate surface area is 125 Å². The molecule has 1 aromatic rings. The third kappa shape index (κ3) is 4.89. The van der Waals surface area contributed by atoms with E-state index < -0.39 is 0 Å². The van der Waals surface area contributed by atoms with E-state index >= 15 is 0 Å². The van der Waals surface area contributed by atoms with Crippen LogP contribution in [0.1, 0.15) is 48.0 Å². The van der Waals surface area contributed by atoms with E-state index in [4.69, 9.17) is 5.11 Å². The maximum absolute atomic E-state index is 12.1. The van der Waals surface area contributed by atoms with Gasteiger partial charge in [-0.15, -0.1) is 0 Å². The van der Waals surface area contributed by atoms with Gasteiger partial charge in [0.2, 0.25) is 0 Å². The molecule has 0 atom stereocenters. The third-order valence-corrected chi connectivity index (χ3v) is 3.65. The first-order chi connectivity index (χ1) is 10.2. The Morgan fingerprint density at radius 3 is 2.48 bits per heavy atom. The number of amides is 1. The van der Waals surface area contributed by atoms with Crippen molar-refractivity contribution < 1.29 is 15.0 Å². The van der Waals surface area contributed by atoms with Crippen LogP contribution in [0.15, 0.2) is 24.3 Å². The largest absolute Gasteiger partial charge is 0.395 e. The number of hydrogen-bond donors (Lipinski definition) is 3. The summed E-state index contributed by atoms with van der Waals surface area (Å²) < 4.78 is 0. The fraction of sp³-hybridized carbons (Fsp3) is 0.471. The number of carbonyl (C=O) groups is 1. The van der Waals surface area contributed by atoms with Crippen LogP contribution >= 0.6 is 0 Å². The van der Waals surface area contributed by atoms with Crippen LogP contribution in [0.4, 0.5) is 0 Å². The summed E-state index contributed by atoms with van der Waals surface area (Å²) >= 11 is 0.